The summed E-state index contributed by atoms with van der Waals surface area (Å²) >= 11 is 1.46. The van der Waals surface area contributed by atoms with Crippen molar-refractivity contribution in [2.24, 2.45) is 0 Å². The highest BCUT2D eigenvalue weighted by Gasteiger charge is 2.25. The number of nitrogens with zero attached hydrogens (tertiary/aromatic N) is 5. The summed E-state index contributed by atoms with van der Waals surface area (Å²) < 4.78 is 5.25. The highest BCUT2D eigenvalue weighted by Crippen LogP contribution is 2.31. The normalized spacial score (nSPS) is 19.0. The van der Waals surface area contributed by atoms with Crippen LogP contribution >= 0.6 is 11.3 Å². The number of ether oxygens (including phenoxy) is 1. The maximum absolute atomic E-state index is 5.25. The van der Waals surface area contributed by atoms with Crippen LogP contribution in [0.15, 0.2) is 11.6 Å². The highest BCUT2D eigenvalue weighted by atomic mass is 32.1. The average molecular weight is 334 g/mol. The van der Waals surface area contributed by atoms with E-state index in [4.69, 9.17) is 4.74 Å². The monoisotopic (exact) mass is 334 g/mol. The number of aryl methyl sites for hydroxylation is 1. The third-order valence-electron chi connectivity index (χ3n) is 3.99. The van der Waals surface area contributed by atoms with Crippen molar-refractivity contribution in [2.75, 3.05) is 32.1 Å². The second-order valence-electron chi connectivity index (χ2n) is 5.63. The van der Waals surface area contributed by atoms with Crippen LogP contribution < -0.4 is 5.32 Å². The van der Waals surface area contributed by atoms with E-state index < -0.39 is 0 Å². The van der Waals surface area contributed by atoms with E-state index in [0.29, 0.717) is 6.04 Å². The zero-order valence-electron chi connectivity index (χ0n) is 13.5. The van der Waals surface area contributed by atoms with E-state index in [1.807, 2.05) is 13.0 Å². The Bertz CT molecular complexity index is 620. The predicted molar refractivity (Wildman–Crippen MR) is 90.0 cm³/mol. The van der Waals surface area contributed by atoms with Crippen molar-refractivity contribution in [1.82, 2.24) is 25.1 Å². The second-order valence-corrected chi connectivity index (χ2v) is 6.47. The smallest absolute Gasteiger partial charge is 0.210 e. The molecule has 1 fully saturated rings. The molecule has 2 aromatic rings. The Hall–Kier alpha value is -1.64. The first kappa shape index (κ1) is 16.2. The number of hydrogen-bond acceptors (Lipinski definition) is 8. The van der Waals surface area contributed by atoms with Gasteiger partial charge in [-0.25, -0.2) is 9.97 Å². The minimum absolute atomic E-state index is 0.329. The number of aromatic nitrogens is 4. The van der Waals surface area contributed by atoms with Crippen molar-refractivity contribution in [3.63, 3.8) is 0 Å². The lowest BCUT2D eigenvalue weighted by Crippen LogP contribution is -2.36. The maximum Gasteiger partial charge on any atom is 0.210 e. The Kier molecular flexibility index (Phi) is 5.47. The highest BCUT2D eigenvalue weighted by molar-refractivity contribution is 7.13. The molecule has 1 N–H and O–H groups in total. The van der Waals surface area contributed by atoms with E-state index in [2.05, 4.69) is 30.4 Å². The molecule has 124 valence electrons. The summed E-state index contributed by atoms with van der Waals surface area (Å²) in [5.74, 6) is 1.55. The summed E-state index contributed by atoms with van der Waals surface area (Å²) in [6, 6.07) is 2.36. The van der Waals surface area contributed by atoms with E-state index in [1.54, 1.807) is 12.6 Å². The number of hydrogen-bond donors (Lipinski definition) is 1. The van der Waals surface area contributed by atoms with Crippen LogP contribution in [-0.4, -0.2) is 51.9 Å². The molecule has 23 heavy (non-hydrogen) atoms. The summed E-state index contributed by atoms with van der Waals surface area (Å²) in [4.78, 5) is 11.6. The number of anilines is 2. The third-order valence-corrected chi connectivity index (χ3v) is 4.60. The third kappa shape index (κ3) is 4.21. The van der Waals surface area contributed by atoms with Gasteiger partial charge >= 0.3 is 0 Å². The van der Waals surface area contributed by atoms with Crippen LogP contribution in [0.1, 0.15) is 36.8 Å². The van der Waals surface area contributed by atoms with Gasteiger partial charge in [-0.05, 0) is 26.3 Å². The molecule has 7 nitrogen and oxygen atoms in total. The number of nitrogens with one attached hydrogen (secondary N) is 1. The maximum atomic E-state index is 5.25. The molecule has 0 amide bonds. The summed E-state index contributed by atoms with van der Waals surface area (Å²) in [5, 5.41) is 11.8. The van der Waals surface area contributed by atoms with Gasteiger partial charge in [0.1, 0.15) is 17.2 Å². The summed E-state index contributed by atoms with van der Waals surface area (Å²) in [5.41, 5.74) is 2.77. The number of likely N-dealkylation sites (tertiary alicyclic amines) is 1. The summed E-state index contributed by atoms with van der Waals surface area (Å²) in [6.45, 7) is 4.70. The van der Waals surface area contributed by atoms with Gasteiger partial charge in [-0.1, -0.05) is 17.8 Å². The zero-order chi connectivity index (χ0) is 16.1. The minimum atomic E-state index is 0.329. The molecule has 0 unspecified atom stereocenters. The first-order valence-electron chi connectivity index (χ1n) is 7.88. The molecule has 1 atom stereocenters. The van der Waals surface area contributed by atoms with Crippen LogP contribution in [-0.2, 0) is 4.74 Å². The van der Waals surface area contributed by atoms with Crippen LogP contribution in [0.2, 0.25) is 0 Å². The van der Waals surface area contributed by atoms with Crippen LogP contribution in [0.4, 0.5) is 10.9 Å². The van der Waals surface area contributed by atoms with Crippen molar-refractivity contribution >= 4 is 22.3 Å². The van der Waals surface area contributed by atoms with Gasteiger partial charge in [0.05, 0.1) is 18.3 Å². The average Bonchev–Trinajstić information content (AvgIpc) is 3.05. The molecular formula is C15H22N6OS. The van der Waals surface area contributed by atoms with Gasteiger partial charge < -0.3 is 10.1 Å². The van der Waals surface area contributed by atoms with Crippen molar-refractivity contribution < 1.29 is 4.74 Å². The van der Waals surface area contributed by atoms with Gasteiger partial charge in [-0.15, -0.1) is 10.2 Å². The minimum Gasteiger partial charge on any atom is -0.383 e. The summed E-state index contributed by atoms with van der Waals surface area (Å²) in [6.07, 6.45) is 3.59. The first-order valence-corrected chi connectivity index (χ1v) is 8.76. The van der Waals surface area contributed by atoms with E-state index in [9.17, 15) is 0 Å². The molecule has 0 radical (unpaired) electrons. The van der Waals surface area contributed by atoms with E-state index >= 15 is 0 Å². The Labute approximate surface area is 140 Å². The van der Waals surface area contributed by atoms with Crippen molar-refractivity contribution in [3.05, 3.63) is 23.1 Å². The number of piperidine rings is 1. The fourth-order valence-electron chi connectivity index (χ4n) is 2.96. The number of methoxy groups -OCH3 is 1. The van der Waals surface area contributed by atoms with E-state index in [-0.39, 0.29) is 0 Å². The Morgan fingerprint density at radius 2 is 2.30 bits per heavy atom. The molecule has 0 bridgehead atoms. The molecule has 0 saturated carbocycles. The molecular weight excluding hydrogens is 312 g/mol. The van der Waals surface area contributed by atoms with Crippen molar-refractivity contribution in [2.45, 2.75) is 32.2 Å². The molecule has 0 aliphatic carbocycles. The van der Waals surface area contributed by atoms with Crippen LogP contribution in [0.3, 0.4) is 0 Å². The van der Waals surface area contributed by atoms with Gasteiger partial charge in [-0.2, -0.15) is 0 Å². The van der Waals surface area contributed by atoms with Gasteiger partial charge in [0.25, 0.3) is 0 Å². The standard InChI is InChI=1S/C15H22N6OS/c1-11-17-12(9-14(18-11)19-15-20-16-10-23-15)13-5-3-4-6-21(13)7-8-22-2/h9-10,13H,3-8H2,1-2H3,(H,17,18,19,20)/t13-/m1/s1. The molecule has 2 aromatic heterocycles. The van der Waals surface area contributed by atoms with Crippen LogP contribution in [0, 0.1) is 6.92 Å². The molecule has 1 aliphatic heterocycles. The molecule has 8 heteroatoms. The van der Waals surface area contributed by atoms with Crippen molar-refractivity contribution in [1.29, 1.82) is 0 Å². The quantitative estimate of drug-likeness (QED) is 0.870. The lowest BCUT2D eigenvalue weighted by atomic mass is 9.99. The Morgan fingerprint density at radius 1 is 1.39 bits per heavy atom. The lowest BCUT2D eigenvalue weighted by molar-refractivity contribution is 0.0941. The van der Waals surface area contributed by atoms with E-state index in [1.165, 1.54) is 24.2 Å². The topological polar surface area (TPSA) is 76.1 Å². The Morgan fingerprint density at radius 3 is 3.09 bits per heavy atom. The fraction of sp³-hybridized carbons (Fsp3) is 0.600. The number of rotatable bonds is 6. The largest absolute Gasteiger partial charge is 0.383 e. The van der Waals surface area contributed by atoms with Gasteiger partial charge in [0.2, 0.25) is 5.13 Å². The summed E-state index contributed by atoms with van der Waals surface area (Å²) in [7, 11) is 1.75. The first-order chi connectivity index (χ1) is 11.3. The predicted octanol–water partition coefficient (Wildman–Crippen LogP) is 2.55. The molecule has 0 spiro atoms. The van der Waals surface area contributed by atoms with E-state index in [0.717, 1.165) is 48.6 Å². The van der Waals surface area contributed by atoms with Crippen LogP contribution in [0.5, 0.6) is 0 Å². The lowest BCUT2D eigenvalue weighted by Gasteiger charge is -2.35. The molecule has 3 heterocycles. The van der Waals surface area contributed by atoms with Gasteiger partial charge in [0, 0.05) is 19.7 Å². The van der Waals surface area contributed by atoms with Crippen molar-refractivity contribution in [3.8, 4) is 0 Å². The molecule has 0 aromatic carbocycles. The van der Waals surface area contributed by atoms with Crippen LogP contribution in [0.25, 0.3) is 0 Å². The SMILES string of the molecule is COCCN1CCCC[C@@H]1c1cc(Nc2nncs2)nc(C)n1. The molecule has 1 aliphatic rings. The fourth-order valence-corrected chi connectivity index (χ4v) is 3.42. The zero-order valence-corrected chi connectivity index (χ0v) is 14.3. The van der Waals surface area contributed by atoms with Gasteiger partial charge in [-0.3, -0.25) is 4.90 Å². The molecule has 1 saturated heterocycles. The Balaban J connectivity index is 1.81. The second kappa shape index (κ2) is 7.76. The molecule has 3 rings (SSSR count). The van der Waals surface area contributed by atoms with Gasteiger partial charge in [0.15, 0.2) is 0 Å².